The average molecular weight is 1350 g/mol. The maximum Gasteiger partial charge on any atom is 0.472 e. The summed E-state index contributed by atoms with van der Waals surface area (Å²) in [7, 11) is -9.90. The second-order valence-electron chi connectivity index (χ2n) is 26.8. The van der Waals surface area contributed by atoms with E-state index in [-0.39, 0.29) is 25.7 Å². The van der Waals surface area contributed by atoms with Crippen LogP contribution in [0, 0.1) is 5.92 Å². The van der Waals surface area contributed by atoms with E-state index in [9.17, 15) is 43.2 Å². The summed E-state index contributed by atoms with van der Waals surface area (Å²) in [4.78, 5) is 72.5. The fourth-order valence-electron chi connectivity index (χ4n) is 11.2. The van der Waals surface area contributed by atoms with Gasteiger partial charge in [-0.3, -0.25) is 37.3 Å². The van der Waals surface area contributed by atoms with Gasteiger partial charge in [0.2, 0.25) is 0 Å². The molecule has 0 aromatic carbocycles. The molecule has 17 nitrogen and oxygen atoms in total. The Balaban J connectivity index is 5.16. The summed E-state index contributed by atoms with van der Waals surface area (Å²) in [5.41, 5.74) is 0. The molecule has 92 heavy (non-hydrogen) atoms. The second-order valence-corrected chi connectivity index (χ2v) is 29.7. The molecule has 0 saturated carbocycles. The van der Waals surface area contributed by atoms with Crippen LogP contribution in [-0.2, 0) is 65.4 Å². The molecule has 0 aliphatic rings. The van der Waals surface area contributed by atoms with Crippen LogP contribution in [-0.4, -0.2) is 96.7 Å². The Kier molecular flexibility index (Phi) is 64.9. The van der Waals surface area contributed by atoms with Crippen LogP contribution in [0.2, 0.25) is 0 Å². The van der Waals surface area contributed by atoms with E-state index in [1.807, 2.05) is 0 Å². The van der Waals surface area contributed by atoms with Gasteiger partial charge in [-0.05, 0) is 31.6 Å². The Bertz CT molecular complexity index is 1770. The maximum absolute atomic E-state index is 13.0. The highest BCUT2D eigenvalue weighted by Gasteiger charge is 2.30. The number of carbonyl (C=O) groups is 4. The first kappa shape index (κ1) is 90.1. The first-order chi connectivity index (χ1) is 44.5. The second kappa shape index (κ2) is 66.3. The lowest BCUT2D eigenvalue weighted by Gasteiger charge is -2.21. The highest BCUT2D eigenvalue weighted by Crippen LogP contribution is 2.45. The van der Waals surface area contributed by atoms with Crippen LogP contribution in [0.1, 0.15) is 381 Å². The van der Waals surface area contributed by atoms with Crippen molar-refractivity contribution in [2.24, 2.45) is 5.92 Å². The van der Waals surface area contributed by atoms with E-state index in [2.05, 4.69) is 34.6 Å². The monoisotopic (exact) mass is 1350 g/mol. The van der Waals surface area contributed by atoms with Crippen molar-refractivity contribution in [3.05, 3.63) is 0 Å². The van der Waals surface area contributed by atoms with Crippen molar-refractivity contribution in [1.29, 1.82) is 0 Å². The number of carbonyl (C=O) groups excluding carboxylic acids is 4. The predicted molar refractivity (Wildman–Crippen MR) is 372 cm³/mol. The third-order valence-corrected chi connectivity index (χ3v) is 18.9. The summed E-state index contributed by atoms with van der Waals surface area (Å²) in [6, 6.07) is 0. The Morgan fingerprint density at radius 1 is 0.293 bits per heavy atom. The number of phosphoric acid groups is 2. The number of phosphoric ester groups is 2. The van der Waals surface area contributed by atoms with E-state index in [1.54, 1.807) is 0 Å². The van der Waals surface area contributed by atoms with Gasteiger partial charge in [0.15, 0.2) is 12.2 Å². The lowest BCUT2D eigenvalue weighted by atomic mass is 10.0. The van der Waals surface area contributed by atoms with Crippen LogP contribution in [0.25, 0.3) is 0 Å². The fourth-order valence-corrected chi connectivity index (χ4v) is 12.8. The Labute approximate surface area is 562 Å². The molecule has 0 aliphatic heterocycles. The normalized spacial score (nSPS) is 14.0. The van der Waals surface area contributed by atoms with Crippen LogP contribution < -0.4 is 0 Å². The van der Waals surface area contributed by atoms with Crippen LogP contribution in [0.5, 0.6) is 0 Å². The quantitative estimate of drug-likeness (QED) is 0.0222. The van der Waals surface area contributed by atoms with Gasteiger partial charge in [-0.25, -0.2) is 9.13 Å². The van der Waals surface area contributed by atoms with E-state index in [0.29, 0.717) is 31.6 Å². The number of ether oxygens (including phenoxy) is 4. The SMILES string of the molecule is CCCCCCCCCCCCCCCCCCCCCCCC(=O)O[C@H](COC(=O)CCCCCCCCCCCCCC)COP(=O)(O)OC[C@@H](O)COP(=O)(O)OC[C@@H](COC(=O)CCCCCCCCCCC)OC(=O)CCCCCCCCCC(C)C. The van der Waals surface area contributed by atoms with Crippen molar-refractivity contribution < 1.29 is 80.2 Å². The maximum atomic E-state index is 13.0. The minimum Gasteiger partial charge on any atom is -0.462 e. The number of hydrogen-bond acceptors (Lipinski definition) is 15. The molecular weight excluding hydrogens is 1210 g/mol. The summed E-state index contributed by atoms with van der Waals surface area (Å²) < 4.78 is 68.3. The van der Waals surface area contributed by atoms with E-state index < -0.39 is 97.5 Å². The molecule has 2 unspecified atom stereocenters. The van der Waals surface area contributed by atoms with E-state index in [1.165, 1.54) is 205 Å². The highest BCUT2D eigenvalue weighted by molar-refractivity contribution is 7.47. The molecule has 0 radical (unpaired) electrons. The first-order valence-corrected chi connectivity index (χ1v) is 41.1. The molecule has 0 aromatic rings. The van der Waals surface area contributed by atoms with Gasteiger partial charge in [-0.1, -0.05) is 330 Å². The smallest absolute Gasteiger partial charge is 0.462 e. The lowest BCUT2D eigenvalue weighted by Crippen LogP contribution is -2.30. The molecule has 0 aromatic heterocycles. The van der Waals surface area contributed by atoms with Crippen LogP contribution in [0.15, 0.2) is 0 Å². The van der Waals surface area contributed by atoms with Gasteiger partial charge in [0.1, 0.15) is 19.3 Å². The zero-order valence-corrected chi connectivity index (χ0v) is 61.5. The van der Waals surface area contributed by atoms with Crippen molar-refractivity contribution in [3.63, 3.8) is 0 Å². The molecule has 0 rings (SSSR count). The van der Waals surface area contributed by atoms with Gasteiger partial charge in [0.25, 0.3) is 0 Å². The molecule has 0 spiro atoms. The number of unbranched alkanes of at least 4 members (excludes halogenated alkanes) is 45. The molecule has 0 aliphatic carbocycles. The number of rotatable bonds is 73. The summed E-state index contributed by atoms with van der Waals surface area (Å²) >= 11 is 0. The van der Waals surface area contributed by atoms with Gasteiger partial charge in [-0.15, -0.1) is 0 Å². The summed E-state index contributed by atoms with van der Waals surface area (Å²) in [6.45, 7) is 7.18. The minimum atomic E-state index is -4.95. The van der Waals surface area contributed by atoms with Gasteiger partial charge in [0, 0.05) is 25.7 Å². The number of aliphatic hydroxyl groups excluding tert-OH is 1. The van der Waals surface area contributed by atoms with Crippen molar-refractivity contribution in [2.75, 3.05) is 39.6 Å². The molecule has 0 saturated heterocycles. The Morgan fingerprint density at radius 3 is 0.739 bits per heavy atom. The van der Waals surface area contributed by atoms with Crippen LogP contribution >= 0.6 is 15.6 Å². The third-order valence-electron chi connectivity index (χ3n) is 17.0. The van der Waals surface area contributed by atoms with E-state index in [4.69, 9.17) is 37.0 Å². The van der Waals surface area contributed by atoms with Crippen molar-refractivity contribution in [1.82, 2.24) is 0 Å². The van der Waals surface area contributed by atoms with Crippen LogP contribution in [0.4, 0.5) is 0 Å². The molecule has 0 amide bonds. The summed E-state index contributed by atoms with van der Waals surface area (Å²) in [6.07, 6.45) is 54.3. The van der Waals surface area contributed by atoms with E-state index >= 15 is 0 Å². The lowest BCUT2D eigenvalue weighted by molar-refractivity contribution is -0.161. The molecule has 0 heterocycles. The predicted octanol–water partition coefficient (Wildman–Crippen LogP) is 21.3. The first-order valence-electron chi connectivity index (χ1n) is 38.1. The molecule has 0 bridgehead atoms. The summed E-state index contributed by atoms with van der Waals surface area (Å²) in [5, 5.41) is 10.6. The average Bonchev–Trinajstić information content (AvgIpc) is 1.77. The Morgan fingerprint density at radius 2 is 0.500 bits per heavy atom. The van der Waals surface area contributed by atoms with Crippen LogP contribution in [0.3, 0.4) is 0 Å². The van der Waals surface area contributed by atoms with E-state index in [0.717, 1.165) is 89.9 Å². The molecule has 3 N–H and O–H groups in total. The zero-order valence-electron chi connectivity index (χ0n) is 59.7. The van der Waals surface area contributed by atoms with Crippen molar-refractivity contribution >= 4 is 39.5 Å². The van der Waals surface area contributed by atoms with Crippen molar-refractivity contribution in [2.45, 2.75) is 400 Å². The largest absolute Gasteiger partial charge is 0.472 e. The highest BCUT2D eigenvalue weighted by atomic mass is 31.2. The zero-order chi connectivity index (χ0) is 67.7. The molecular formula is C73H142O17P2. The topological polar surface area (TPSA) is 237 Å². The molecule has 0 fully saturated rings. The molecule has 546 valence electrons. The number of hydrogen-bond donors (Lipinski definition) is 3. The Hall–Kier alpha value is -1.94. The molecule has 19 heteroatoms. The molecule has 5 atom stereocenters. The number of aliphatic hydroxyl groups is 1. The van der Waals surface area contributed by atoms with Crippen molar-refractivity contribution in [3.8, 4) is 0 Å². The fraction of sp³-hybridized carbons (Fsp3) is 0.945. The summed E-state index contributed by atoms with van der Waals surface area (Å²) in [5.74, 6) is -1.43. The van der Waals surface area contributed by atoms with Gasteiger partial charge in [-0.2, -0.15) is 0 Å². The van der Waals surface area contributed by atoms with Gasteiger partial charge in [0.05, 0.1) is 26.4 Å². The van der Waals surface area contributed by atoms with Gasteiger partial charge >= 0.3 is 39.5 Å². The standard InChI is InChI=1S/C73H142O17P2/c1-6-9-12-15-18-21-23-25-26-27-28-29-30-31-32-33-35-38-43-48-53-58-72(77)89-68(62-84-71(76)57-52-47-42-37-34-24-22-19-16-13-10-7-2)64-87-91(79,80)85-60-67(74)61-86-92(81,82)88-65-69(63-83-70(75)56-51-46-41-36-20-17-14-11-8-3)90-73(78)59-54-49-44-39-40-45-50-55-66(4)5/h66-69,74H,6-65H2,1-5H3,(H,79,80)(H,81,82)/t67-,68-,69-/m1/s1. The third kappa shape index (κ3) is 66.7. The van der Waals surface area contributed by atoms with Gasteiger partial charge < -0.3 is 33.8 Å². The minimum absolute atomic E-state index is 0.104. The number of esters is 4.